The van der Waals surface area contributed by atoms with Crippen LogP contribution < -0.4 is 5.32 Å². The van der Waals surface area contributed by atoms with Gasteiger partial charge in [0.05, 0.1) is 6.20 Å². The second-order valence-electron chi connectivity index (χ2n) is 4.59. The lowest BCUT2D eigenvalue weighted by molar-refractivity contribution is 0.416. The molecule has 92 valence electrons. The zero-order valence-corrected chi connectivity index (χ0v) is 11.2. The number of hydrogen-bond acceptors (Lipinski definition) is 2. The van der Waals surface area contributed by atoms with E-state index >= 15 is 0 Å². The van der Waals surface area contributed by atoms with Crippen molar-refractivity contribution < 1.29 is 0 Å². The number of nitrogens with one attached hydrogen (secondary N) is 1. The average Bonchev–Trinajstić information content (AvgIpc) is 2.59. The third-order valence-corrected chi connectivity index (χ3v) is 3.36. The van der Waals surface area contributed by atoms with Crippen LogP contribution in [0.25, 0.3) is 0 Å². The Balaban J connectivity index is 2.64. The Morgan fingerprint density at radius 2 is 2.12 bits per heavy atom. The van der Waals surface area contributed by atoms with Gasteiger partial charge >= 0.3 is 0 Å². The van der Waals surface area contributed by atoms with Crippen LogP contribution in [0.4, 0.5) is 0 Å². The highest BCUT2D eigenvalue weighted by Gasteiger charge is 2.14. The second-order valence-corrected chi connectivity index (χ2v) is 4.59. The van der Waals surface area contributed by atoms with Crippen LogP contribution >= 0.6 is 0 Å². The molecule has 0 aliphatic carbocycles. The maximum absolute atomic E-state index is 4.29. The van der Waals surface area contributed by atoms with Crippen molar-refractivity contribution >= 4 is 0 Å². The monoisotopic (exact) mass is 223 g/mol. The molecule has 16 heavy (non-hydrogen) atoms. The summed E-state index contributed by atoms with van der Waals surface area (Å²) < 4.78 is 1.94. The van der Waals surface area contributed by atoms with Crippen molar-refractivity contribution in [3.05, 3.63) is 17.5 Å². The fourth-order valence-corrected chi connectivity index (χ4v) is 2.14. The zero-order chi connectivity index (χ0) is 12.1. The van der Waals surface area contributed by atoms with Crippen LogP contribution in [0.2, 0.25) is 0 Å². The number of nitrogens with zero attached hydrogens (tertiary/aromatic N) is 2. The Labute approximate surface area is 99.2 Å². The minimum absolute atomic E-state index is 0.394. The van der Waals surface area contributed by atoms with Gasteiger partial charge in [0, 0.05) is 30.4 Å². The van der Waals surface area contributed by atoms with Gasteiger partial charge < -0.3 is 5.32 Å². The first-order valence-electron chi connectivity index (χ1n) is 6.34. The maximum atomic E-state index is 4.29. The van der Waals surface area contributed by atoms with Gasteiger partial charge in [-0.1, -0.05) is 20.3 Å². The standard InChI is InChI=1S/C13H25N3/c1-6-8-12(7-2)15-10(3)13-9-14-16(5)11(13)4/h9-10,12,15H,6-8H2,1-5H3. The van der Waals surface area contributed by atoms with Gasteiger partial charge in [-0.15, -0.1) is 0 Å². The van der Waals surface area contributed by atoms with Crippen LogP contribution in [-0.2, 0) is 7.05 Å². The summed E-state index contributed by atoms with van der Waals surface area (Å²) in [7, 11) is 1.99. The molecule has 3 nitrogen and oxygen atoms in total. The average molecular weight is 223 g/mol. The van der Waals surface area contributed by atoms with Crippen molar-refractivity contribution in [2.45, 2.75) is 59.0 Å². The molecule has 2 unspecified atom stereocenters. The molecule has 0 aromatic carbocycles. The second kappa shape index (κ2) is 6.04. The molecular weight excluding hydrogens is 198 g/mol. The van der Waals surface area contributed by atoms with Crippen LogP contribution in [0.3, 0.4) is 0 Å². The predicted octanol–water partition coefficient (Wildman–Crippen LogP) is 2.96. The largest absolute Gasteiger partial charge is 0.307 e. The van der Waals surface area contributed by atoms with Gasteiger partial charge in [-0.25, -0.2) is 0 Å². The molecule has 1 aromatic rings. The molecule has 1 heterocycles. The van der Waals surface area contributed by atoms with Crippen LogP contribution in [-0.4, -0.2) is 15.8 Å². The van der Waals surface area contributed by atoms with E-state index in [1.807, 2.05) is 17.9 Å². The molecule has 0 spiro atoms. The summed E-state index contributed by atoms with van der Waals surface area (Å²) in [5, 5.41) is 7.98. The first-order chi connectivity index (χ1) is 7.60. The van der Waals surface area contributed by atoms with E-state index in [-0.39, 0.29) is 0 Å². The lowest BCUT2D eigenvalue weighted by Crippen LogP contribution is -2.31. The first-order valence-corrected chi connectivity index (χ1v) is 6.34. The molecule has 0 fully saturated rings. The van der Waals surface area contributed by atoms with Crippen LogP contribution in [0.1, 0.15) is 57.3 Å². The third kappa shape index (κ3) is 3.08. The van der Waals surface area contributed by atoms with Gasteiger partial charge in [-0.2, -0.15) is 5.10 Å². The SMILES string of the molecule is CCCC(CC)NC(C)c1cnn(C)c1C. The summed E-state index contributed by atoms with van der Waals surface area (Å²) in [6.45, 7) is 8.84. The molecule has 0 saturated carbocycles. The van der Waals surface area contributed by atoms with Crippen molar-refractivity contribution in [2.24, 2.45) is 7.05 Å². The minimum atomic E-state index is 0.394. The molecule has 0 radical (unpaired) electrons. The lowest BCUT2D eigenvalue weighted by Gasteiger charge is -2.21. The van der Waals surface area contributed by atoms with Crippen LogP contribution in [0.15, 0.2) is 6.20 Å². The molecule has 3 heteroatoms. The highest BCUT2D eigenvalue weighted by molar-refractivity contribution is 5.19. The molecule has 1 N–H and O–H groups in total. The normalized spacial score (nSPS) is 15.1. The number of rotatable bonds is 6. The molecular formula is C13H25N3. The summed E-state index contributed by atoms with van der Waals surface area (Å²) in [6, 6.07) is 1.02. The lowest BCUT2D eigenvalue weighted by atomic mass is 10.1. The Morgan fingerprint density at radius 3 is 2.56 bits per heavy atom. The molecule has 0 aliphatic heterocycles. The number of hydrogen-bond donors (Lipinski definition) is 1. The number of aromatic nitrogens is 2. The summed E-state index contributed by atoms with van der Waals surface area (Å²) in [6.07, 6.45) is 5.66. The summed E-state index contributed by atoms with van der Waals surface area (Å²) in [5.74, 6) is 0. The van der Waals surface area contributed by atoms with Crippen molar-refractivity contribution in [1.82, 2.24) is 15.1 Å². The van der Waals surface area contributed by atoms with Crippen LogP contribution in [0, 0.1) is 6.92 Å². The topological polar surface area (TPSA) is 29.9 Å². The van der Waals surface area contributed by atoms with Gasteiger partial charge in [0.1, 0.15) is 0 Å². The van der Waals surface area contributed by atoms with Gasteiger partial charge in [-0.05, 0) is 26.7 Å². The Kier molecular flexibility index (Phi) is 5.00. The van der Waals surface area contributed by atoms with E-state index in [4.69, 9.17) is 0 Å². The van der Waals surface area contributed by atoms with Crippen molar-refractivity contribution in [3.8, 4) is 0 Å². The van der Waals surface area contributed by atoms with Crippen LogP contribution in [0.5, 0.6) is 0 Å². The van der Waals surface area contributed by atoms with Gasteiger partial charge in [0.25, 0.3) is 0 Å². The first kappa shape index (κ1) is 13.2. The fourth-order valence-electron chi connectivity index (χ4n) is 2.14. The van der Waals surface area contributed by atoms with Crippen molar-refractivity contribution in [1.29, 1.82) is 0 Å². The van der Waals surface area contributed by atoms with Gasteiger partial charge in [-0.3, -0.25) is 4.68 Å². The fraction of sp³-hybridized carbons (Fsp3) is 0.769. The van der Waals surface area contributed by atoms with E-state index in [1.165, 1.54) is 30.5 Å². The minimum Gasteiger partial charge on any atom is -0.307 e. The molecule has 0 bridgehead atoms. The van der Waals surface area contributed by atoms with E-state index in [0.717, 1.165) is 0 Å². The van der Waals surface area contributed by atoms with Gasteiger partial charge in [0.15, 0.2) is 0 Å². The van der Waals surface area contributed by atoms with Crippen molar-refractivity contribution in [2.75, 3.05) is 0 Å². The van der Waals surface area contributed by atoms with E-state index in [1.54, 1.807) is 0 Å². The van der Waals surface area contributed by atoms with E-state index in [0.29, 0.717) is 12.1 Å². The van der Waals surface area contributed by atoms with E-state index in [2.05, 4.69) is 38.1 Å². The molecule has 1 aromatic heterocycles. The molecule has 0 aliphatic rings. The summed E-state index contributed by atoms with van der Waals surface area (Å²) in [5.41, 5.74) is 2.57. The zero-order valence-electron chi connectivity index (χ0n) is 11.2. The summed E-state index contributed by atoms with van der Waals surface area (Å²) in [4.78, 5) is 0. The number of aryl methyl sites for hydroxylation is 1. The predicted molar refractivity (Wildman–Crippen MR) is 68.5 cm³/mol. The molecule has 1 rings (SSSR count). The smallest absolute Gasteiger partial charge is 0.0540 e. The molecule has 0 saturated heterocycles. The Bertz CT molecular complexity index is 317. The van der Waals surface area contributed by atoms with E-state index < -0.39 is 0 Å². The molecule has 2 atom stereocenters. The highest BCUT2D eigenvalue weighted by Crippen LogP contribution is 2.18. The van der Waals surface area contributed by atoms with Gasteiger partial charge in [0.2, 0.25) is 0 Å². The van der Waals surface area contributed by atoms with Crippen molar-refractivity contribution in [3.63, 3.8) is 0 Å². The van der Waals surface area contributed by atoms with E-state index in [9.17, 15) is 0 Å². The summed E-state index contributed by atoms with van der Waals surface area (Å²) >= 11 is 0. The third-order valence-electron chi connectivity index (χ3n) is 3.36. The maximum Gasteiger partial charge on any atom is 0.0540 e. The highest BCUT2D eigenvalue weighted by atomic mass is 15.3. The Hall–Kier alpha value is -0.830. The quantitative estimate of drug-likeness (QED) is 0.803. The Morgan fingerprint density at radius 1 is 1.44 bits per heavy atom. The molecule has 0 amide bonds.